The van der Waals surface area contributed by atoms with Crippen LogP contribution in [0, 0.1) is 11.8 Å². The van der Waals surface area contributed by atoms with E-state index in [2.05, 4.69) is 18.4 Å². The van der Waals surface area contributed by atoms with E-state index in [0.717, 1.165) is 38.5 Å². The van der Waals surface area contributed by atoms with Gasteiger partial charge in [0.2, 0.25) is 0 Å². The normalized spacial score (nSPS) is 21.0. The van der Waals surface area contributed by atoms with Crippen LogP contribution >= 0.6 is 7.82 Å². The summed E-state index contributed by atoms with van der Waals surface area (Å²) < 4.78 is 32.7. The number of hydrogen-bond donors (Lipinski definition) is 6. The molecule has 0 radical (unpaired) electrons. The summed E-state index contributed by atoms with van der Waals surface area (Å²) in [5.41, 5.74) is 0. The zero-order valence-electron chi connectivity index (χ0n) is 35.8. The molecule has 0 aliphatic heterocycles. The van der Waals surface area contributed by atoms with Crippen LogP contribution in [0.25, 0.3) is 0 Å². The van der Waals surface area contributed by atoms with Crippen molar-refractivity contribution in [3.05, 3.63) is 24.3 Å². The van der Waals surface area contributed by atoms with Crippen LogP contribution in [0.1, 0.15) is 174 Å². The molecule has 13 nitrogen and oxygen atoms in total. The Labute approximate surface area is 349 Å². The number of phosphoric ester groups is 1. The fraction of sp³-hybridized carbons (Fsp3) is 0.864. The largest absolute Gasteiger partial charge is 0.472 e. The Morgan fingerprint density at radius 3 is 1.86 bits per heavy atom. The molecule has 0 aromatic rings. The molecule has 1 rings (SSSR count). The summed E-state index contributed by atoms with van der Waals surface area (Å²) in [6, 6.07) is 0. The Balaban J connectivity index is 2.46. The standard InChI is InChI=1S/C44H81O13P/c1-3-5-7-8-9-10-11-12-13-14-15-16-17-18-23-27-43(50)54-34-38(35-56-58(52,53)55-33-37(47)32-45)57-44(51)28-24-20-19-22-26-39-40(42(49)31-41(39)48)30-29-36(46)25-21-6-4-2/h19,22,29-30,36-42,45-49H,3-18,20-21,23-28,31-35H2,1-2H3,(H,52,53)/b22-19+,30-29+/t36-,37-,38+,39+,40+,41-,42+/m0/s1. The quantitative estimate of drug-likeness (QED) is 0.0150. The predicted octanol–water partition coefficient (Wildman–Crippen LogP) is 8.16. The molecule has 340 valence electrons. The number of unbranched alkanes of at least 4 members (excludes halogenated alkanes) is 17. The van der Waals surface area contributed by atoms with Gasteiger partial charge in [0.15, 0.2) is 6.10 Å². The van der Waals surface area contributed by atoms with Gasteiger partial charge >= 0.3 is 19.8 Å². The topological polar surface area (TPSA) is 210 Å². The number of aliphatic hydroxyl groups is 5. The van der Waals surface area contributed by atoms with Gasteiger partial charge in [0.25, 0.3) is 0 Å². The minimum absolute atomic E-state index is 0.00986. The highest BCUT2D eigenvalue weighted by atomic mass is 31.2. The van der Waals surface area contributed by atoms with Gasteiger partial charge in [-0.3, -0.25) is 18.6 Å². The highest BCUT2D eigenvalue weighted by Crippen LogP contribution is 2.43. The second-order valence-electron chi connectivity index (χ2n) is 16.1. The van der Waals surface area contributed by atoms with Crippen LogP contribution in [0.4, 0.5) is 0 Å². The van der Waals surface area contributed by atoms with Crippen molar-refractivity contribution >= 4 is 19.8 Å². The minimum atomic E-state index is -4.68. The zero-order valence-corrected chi connectivity index (χ0v) is 36.7. The number of allylic oxidation sites excluding steroid dienone is 2. The molecule has 1 aliphatic carbocycles. The number of carbonyl (C=O) groups is 2. The first-order valence-electron chi connectivity index (χ1n) is 22.6. The van der Waals surface area contributed by atoms with Gasteiger partial charge in [0, 0.05) is 25.2 Å². The molecule has 0 heterocycles. The van der Waals surface area contributed by atoms with Crippen molar-refractivity contribution in [2.24, 2.45) is 11.8 Å². The Bertz CT molecular complexity index is 1130. The van der Waals surface area contributed by atoms with Gasteiger partial charge in [-0.05, 0) is 38.0 Å². The summed E-state index contributed by atoms with van der Waals surface area (Å²) in [5.74, 6) is -1.57. The molecule has 8 atom stereocenters. The van der Waals surface area contributed by atoms with Crippen molar-refractivity contribution in [3.63, 3.8) is 0 Å². The summed E-state index contributed by atoms with van der Waals surface area (Å²) in [4.78, 5) is 35.2. The molecular formula is C44H81O13P. The van der Waals surface area contributed by atoms with Gasteiger partial charge < -0.3 is 39.9 Å². The van der Waals surface area contributed by atoms with Gasteiger partial charge in [-0.2, -0.15) is 0 Å². The SMILES string of the molecule is CCCCCCCCCCCCCCCCCC(=O)OC[C@H](COP(=O)(O)OC[C@@H](O)CO)OC(=O)CCC/C=C/C[C@@H]1[C@@H](/C=C/[C@@H](O)CCCCC)[C@H](O)C[C@@H]1O. The second-order valence-corrected chi connectivity index (χ2v) is 17.5. The first kappa shape index (κ1) is 54.3. The molecule has 0 saturated heterocycles. The average Bonchev–Trinajstić information content (AvgIpc) is 3.47. The van der Waals surface area contributed by atoms with E-state index in [0.29, 0.717) is 32.1 Å². The van der Waals surface area contributed by atoms with Gasteiger partial charge in [-0.25, -0.2) is 4.57 Å². The highest BCUT2D eigenvalue weighted by molar-refractivity contribution is 7.47. The van der Waals surface area contributed by atoms with Crippen molar-refractivity contribution < 1.29 is 63.1 Å². The number of aliphatic hydroxyl groups excluding tert-OH is 5. The van der Waals surface area contributed by atoms with Crippen molar-refractivity contribution in [1.82, 2.24) is 0 Å². The summed E-state index contributed by atoms with van der Waals surface area (Å²) >= 11 is 0. The fourth-order valence-corrected chi connectivity index (χ4v) is 7.89. The third-order valence-corrected chi connectivity index (χ3v) is 11.6. The number of rotatable bonds is 38. The highest BCUT2D eigenvalue weighted by Gasteiger charge is 2.39. The monoisotopic (exact) mass is 849 g/mol. The predicted molar refractivity (Wildman–Crippen MR) is 226 cm³/mol. The summed E-state index contributed by atoms with van der Waals surface area (Å²) in [6.45, 7) is 2.01. The van der Waals surface area contributed by atoms with Crippen molar-refractivity contribution in [1.29, 1.82) is 0 Å². The van der Waals surface area contributed by atoms with E-state index in [1.165, 1.54) is 70.6 Å². The van der Waals surface area contributed by atoms with Crippen molar-refractivity contribution in [3.8, 4) is 0 Å². The van der Waals surface area contributed by atoms with E-state index in [-0.39, 0.29) is 37.7 Å². The maximum atomic E-state index is 12.7. The van der Waals surface area contributed by atoms with E-state index in [1.54, 1.807) is 6.08 Å². The average molecular weight is 849 g/mol. The molecule has 0 aromatic heterocycles. The van der Waals surface area contributed by atoms with Crippen molar-refractivity contribution in [2.45, 2.75) is 205 Å². The lowest BCUT2D eigenvalue weighted by atomic mass is 9.89. The van der Waals surface area contributed by atoms with Gasteiger partial charge in [0.1, 0.15) is 12.7 Å². The van der Waals surface area contributed by atoms with Crippen LogP contribution in [-0.4, -0.2) is 99.3 Å². The molecule has 1 aliphatic rings. The Morgan fingerprint density at radius 2 is 1.26 bits per heavy atom. The molecule has 0 bridgehead atoms. The zero-order chi connectivity index (χ0) is 42.9. The summed E-state index contributed by atoms with van der Waals surface area (Å²) in [5, 5.41) is 49.7. The van der Waals surface area contributed by atoms with Crippen LogP contribution < -0.4 is 0 Å². The van der Waals surface area contributed by atoms with Crippen LogP contribution in [0.3, 0.4) is 0 Å². The van der Waals surface area contributed by atoms with E-state index < -0.39 is 70.1 Å². The first-order chi connectivity index (χ1) is 27.9. The first-order valence-corrected chi connectivity index (χ1v) is 24.0. The molecule has 0 spiro atoms. The molecule has 0 aromatic carbocycles. The molecule has 0 amide bonds. The molecule has 58 heavy (non-hydrogen) atoms. The molecular weight excluding hydrogens is 767 g/mol. The van der Waals surface area contributed by atoms with Gasteiger partial charge in [-0.15, -0.1) is 0 Å². The maximum absolute atomic E-state index is 12.7. The number of carbonyl (C=O) groups excluding carboxylic acids is 2. The van der Waals surface area contributed by atoms with Crippen LogP contribution in [0.15, 0.2) is 24.3 Å². The van der Waals surface area contributed by atoms with Gasteiger partial charge in [0.05, 0.1) is 38.1 Å². The van der Waals surface area contributed by atoms with Crippen molar-refractivity contribution in [2.75, 3.05) is 26.4 Å². The number of ether oxygens (including phenoxy) is 2. The number of hydrogen-bond acceptors (Lipinski definition) is 12. The fourth-order valence-electron chi connectivity index (χ4n) is 7.11. The smallest absolute Gasteiger partial charge is 0.462 e. The molecule has 1 fully saturated rings. The van der Waals surface area contributed by atoms with E-state index in [9.17, 15) is 39.5 Å². The maximum Gasteiger partial charge on any atom is 0.472 e. The molecule has 1 unspecified atom stereocenters. The second kappa shape index (κ2) is 35.0. The van der Waals surface area contributed by atoms with E-state index in [1.807, 2.05) is 18.2 Å². The van der Waals surface area contributed by atoms with Crippen LogP contribution in [-0.2, 0) is 32.7 Å². The van der Waals surface area contributed by atoms with E-state index in [4.69, 9.17) is 19.1 Å². The molecule has 1 saturated carbocycles. The number of esters is 2. The summed E-state index contributed by atoms with van der Waals surface area (Å²) in [7, 11) is -4.68. The Kier molecular flexibility index (Phi) is 32.8. The Morgan fingerprint density at radius 1 is 0.707 bits per heavy atom. The Hall–Kier alpha value is -1.67. The summed E-state index contributed by atoms with van der Waals surface area (Å²) in [6.07, 6.45) is 26.6. The van der Waals surface area contributed by atoms with Crippen LogP contribution in [0.2, 0.25) is 0 Å². The van der Waals surface area contributed by atoms with Gasteiger partial charge in [-0.1, -0.05) is 147 Å². The lowest BCUT2D eigenvalue weighted by Crippen LogP contribution is -2.29. The third kappa shape index (κ3) is 28.7. The molecule has 6 N–H and O–H groups in total. The molecule has 14 heteroatoms. The third-order valence-electron chi connectivity index (χ3n) is 10.7. The van der Waals surface area contributed by atoms with E-state index >= 15 is 0 Å². The lowest BCUT2D eigenvalue weighted by molar-refractivity contribution is -0.161. The number of phosphoric acid groups is 1. The minimum Gasteiger partial charge on any atom is -0.462 e. The lowest BCUT2D eigenvalue weighted by Gasteiger charge is -2.20. The van der Waals surface area contributed by atoms with Crippen LogP contribution in [0.5, 0.6) is 0 Å².